The van der Waals surface area contributed by atoms with E-state index in [-0.39, 0.29) is 18.4 Å². The molecule has 0 heterocycles. The molecule has 0 aromatic carbocycles. The molecule has 1 N–H and O–H groups in total. The summed E-state index contributed by atoms with van der Waals surface area (Å²) in [6, 6.07) is -0.361. The number of nitrogens with one attached hydrogen (secondary N) is 1. The zero-order valence-corrected chi connectivity index (χ0v) is 17.6. The second-order valence-corrected chi connectivity index (χ2v) is 8.60. The Balaban J connectivity index is 3.72. The number of carboxylic acid groups (broad SMARTS) is 1. The van der Waals surface area contributed by atoms with Crippen molar-refractivity contribution in [1.82, 2.24) is 5.32 Å². The highest BCUT2D eigenvalue weighted by Crippen LogP contribution is 2.12. The van der Waals surface area contributed by atoms with Gasteiger partial charge in [-0.25, -0.2) is 0 Å². The first-order valence-corrected chi connectivity index (χ1v) is 10.5. The normalized spacial score (nSPS) is 12.8. The maximum absolute atomic E-state index is 12.0. The summed E-state index contributed by atoms with van der Waals surface area (Å²) >= 11 is 0. The van der Waals surface area contributed by atoms with Crippen molar-refractivity contribution in [1.29, 1.82) is 0 Å². The van der Waals surface area contributed by atoms with Crippen molar-refractivity contribution in [3.63, 3.8) is 0 Å². The second kappa shape index (κ2) is 15.0. The van der Waals surface area contributed by atoms with Crippen LogP contribution in [0.1, 0.15) is 90.4 Å². The topological polar surface area (TPSA) is 69.2 Å². The Hall–Kier alpha value is -1.10. The molecule has 0 saturated heterocycles. The van der Waals surface area contributed by atoms with Crippen LogP contribution in [-0.2, 0) is 9.59 Å². The molecule has 5 nitrogen and oxygen atoms in total. The van der Waals surface area contributed by atoms with Crippen LogP contribution < -0.4 is 10.4 Å². The molecule has 154 valence electrons. The van der Waals surface area contributed by atoms with E-state index in [1.807, 2.05) is 21.1 Å². The van der Waals surface area contributed by atoms with E-state index >= 15 is 0 Å². The van der Waals surface area contributed by atoms with Gasteiger partial charge in [0.1, 0.15) is 0 Å². The van der Waals surface area contributed by atoms with Gasteiger partial charge in [-0.2, -0.15) is 0 Å². The maximum atomic E-state index is 12.0. The second-order valence-electron chi connectivity index (χ2n) is 8.60. The number of likely N-dealkylation sites (N-methyl/N-ethyl adjacent to an activating group) is 1. The average Bonchev–Trinajstić information content (AvgIpc) is 2.50. The Morgan fingerprint density at radius 2 is 1.31 bits per heavy atom. The Labute approximate surface area is 161 Å². The first-order valence-electron chi connectivity index (χ1n) is 10.5. The number of rotatable bonds is 17. The minimum absolute atomic E-state index is 0.0411. The van der Waals surface area contributed by atoms with E-state index in [1.54, 1.807) is 0 Å². The number of carboxylic acids is 1. The fourth-order valence-corrected chi connectivity index (χ4v) is 3.27. The number of nitrogens with zero attached hydrogens (tertiary/aromatic N) is 1. The van der Waals surface area contributed by atoms with E-state index in [1.165, 1.54) is 57.8 Å². The van der Waals surface area contributed by atoms with Crippen molar-refractivity contribution in [3.8, 4) is 0 Å². The molecule has 0 rings (SSSR count). The molecule has 0 aromatic rings. The highest BCUT2D eigenvalue weighted by Gasteiger charge is 2.20. The van der Waals surface area contributed by atoms with E-state index in [4.69, 9.17) is 0 Å². The van der Waals surface area contributed by atoms with Crippen molar-refractivity contribution in [2.24, 2.45) is 0 Å². The third-order valence-electron chi connectivity index (χ3n) is 4.55. The lowest BCUT2D eigenvalue weighted by Gasteiger charge is -2.30. The number of amides is 1. The highest BCUT2D eigenvalue weighted by atomic mass is 16.4. The molecule has 0 bridgehead atoms. The van der Waals surface area contributed by atoms with E-state index in [9.17, 15) is 14.7 Å². The Kier molecular flexibility index (Phi) is 14.4. The van der Waals surface area contributed by atoms with Crippen molar-refractivity contribution in [2.45, 2.75) is 96.4 Å². The van der Waals surface area contributed by atoms with Gasteiger partial charge in [-0.3, -0.25) is 4.79 Å². The predicted molar refractivity (Wildman–Crippen MR) is 106 cm³/mol. The monoisotopic (exact) mass is 370 g/mol. The third kappa shape index (κ3) is 17.7. The van der Waals surface area contributed by atoms with Gasteiger partial charge in [-0.1, -0.05) is 71.1 Å². The summed E-state index contributed by atoms with van der Waals surface area (Å²) in [5.74, 6) is -1.15. The van der Waals surface area contributed by atoms with Crippen LogP contribution in [0.2, 0.25) is 0 Å². The summed E-state index contributed by atoms with van der Waals surface area (Å²) in [5.41, 5.74) is 0. The van der Waals surface area contributed by atoms with Crippen molar-refractivity contribution in [3.05, 3.63) is 0 Å². The van der Waals surface area contributed by atoms with Crippen LogP contribution in [-0.4, -0.2) is 50.1 Å². The lowest BCUT2D eigenvalue weighted by molar-refractivity contribution is -0.871. The number of unbranched alkanes of at least 4 members (excludes halogenated alkanes) is 10. The van der Waals surface area contributed by atoms with Gasteiger partial charge in [0, 0.05) is 18.8 Å². The Morgan fingerprint density at radius 1 is 0.846 bits per heavy atom. The molecule has 0 aliphatic rings. The first-order chi connectivity index (χ1) is 12.2. The number of carbonyl (C=O) groups excluding carboxylic acids is 2. The molecule has 0 saturated carbocycles. The molecular formula is C21H42N2O3. The molecule has 0 fully saturated rings. The summed E-state index contributed by atoms with van der Waals surface area (Å²) in [6.45, 7) is 2.82. The van der Waals surface area contributed by atoms with Gasteiger partial charge in [0.25, 0.3) is 0 Å². The molecule has 1 amide bonds. The van der Waals surface area contributed by atoms with Crippen molar-refractivity contribution >= 4 is 11.9 Å². The van der Waals surface area contributed by atoms with E-state index in [2.05, 4.69) is 12.2 Å². The molecule has 0 unspecified atom stereocenters. The minimum Gasteiger partial charge on any atom is -0.550 e. The van der Waals surface area contributed by atoms with Crippen LogP contribution in [0.5, 0.6) is 0 Å². The summed E-state index contributed by atoms with van der Waals surface area (Å²) in [5, 5.41) is 13.7. The maximum Gasteiger partial charge on any atom is 0.220 e. The lowest BCUT2D eigenvalue weighted by atomic mass is 10.1. The molecule has 26 heavy (non-hydrogen) atoms. The van der Waals surface area contributed by atoms with Crippen molar-refractivity contribution in [2.75, 3.05) is 27.7 Å². The first kappa shape index (κ1) is 24.9. The molecule has 0 aromatic heterocycles. The van der Waals surface area contributed by atoms with Crippen LogP contribution in [0.4, 0.5) is 0 Å². The fourth-order valence-electron chi connectivity index (χ4n) is 3.27. The van der Waals surface area contributed by atoms with E-state index in [0.29, 0.717) is 17.4 Å². The number of hydrogen-bond donors (Lipinski definition) is 1. The van der Waals surface area contributed by atoms with Crippen LogP contribution in [0.25, 0.3) is 0 Å². The number of quaternary nitrogens is 1. The van der Waals surface area contributed by atoms with E-state index < -0.39 is 5.97 Å². The average molecular weight is 371 g/mol. The van der Waals surface area contributed by atoms with Crippen LogP contribution in [0.15, 0.2) is 0 Å². The number of carbonyl (C=O) groups is 2. The molecular weight excluding hydrogens is 328 g/mol. The van der Waals surface area contributed by atoms with Gasteiger partial charge in [-0.05, 0) is 6.42 Å². The van der Waals surface area contributed by atoms with Crippen LogP contribution in [0, 0.1) is 0 Å². The van der Waals surface area contributed by atoms with Crippen LogP contribution in [0.3, 0.4) is 0 Å². The molecule has 1 atom stereocenters. The number of hydrogen-bond acceptors (Lipinski definition) is 3. The largest absolute Gasteiger partial charge is 0.550 e. The van der Waals surface area contributed by atoms with Gasteiger partial charge in [0.15, 0.2) is 0 Å². The summed E-state index contributed by atoms with van der Waals surface area (Å²) in [6.07, 6.45) is 14.1. The standard InChI is InChI=1S/C21H42N2O3/c1-5-6-7-8-9-10-11-12-13-14-15-16-20(24)22-19(17-21(25)26)18-23(2,3)4/h19H,5-18H2,1-4H3,(H-,22,24,25,26)/t19-/m1/s1. The van der Waals surface area contributed by atoms with Crippen LogP contribution >= 0.6 is 0 Å². The minimum atomic E-state index is -1.11. The molecule has 0 spiro atoms. The van der Waals surface area contributed by atoms with Gasteiger partial charge < -0.3 is 19.7 Å². The molecule has 0 radical (unpaired) electrons. The predicted octanol–water partition coefficient (Wildman–Crippen LogP) is 3.02. The van der Waals surface area contributed by atoms with Gasteiger partial charge in [0.05, 0.1) is 33.7 Å². The molecule has 5 heteroatoms. The fraction of sp³-hybridized carbons (Fsp3) is 0.905. The quantitative estimate of drug-likeness (QED) is 0.316. The van der Waals surface area contributed by atoms with Gasteiger partial charge >= 0.3 is 0 Å². The lowest BCUT2D eigenvalue weighted by Crippen LogP contribution is -2.50. The Morgan fingerprint density at radius 3 is 1.73 bits per heavy atom. The van der Waals surface area contributed by atoms with Crippen molar-refractivity contribution < 1.29 is 19.2 Å². The summed E-state index contributed by atoms with van der Waals surface area (Å²) < 4.78 is 0.608. The zero-order valence-electron chi connectivity index (χ0n) is 17.6. The zero-order chi connectivity index (χ0) is 19.8. The SMILES string of the molecule is CCCCCCCCCCCCCC(=O)N[C@H](CC(=O)[O-])C[N+](C)(C)C. The van der Waals surface area contributed by atoms with Gasteiger partial charge in [-0.15, -0.1) is 0 Å². The Bertz CT molecular complexity index is 378. The number of aliphatic carboxylic acids is 1. The summed E-state index contributed by atoms with van der Waals surface area (Å²) in [7, 11) is 5.95. The molecule has 0 aliphatic carbocycles. The van der Waals surface area contributed by atoms with E-state index in [0.717, 1.165) is 12.8 Å². The smallest absolute Gasteiger partial charge is 0.220 e. The summed E-state index contributed by atoms with van der Waals surface area (Å²) in [4.78, 5) is 22.9. The molecule has 0 aliphatic heterocycles. The third-order valence-corrected chi connectivity index (χ3v) is 4.55. The van der Waals surface area contributed by atoms with Gasteiger partial charge in [0.2, 0.25) is 5.91 Å². The highest BCUT2D eigenvalue weighted by molar-refractivity contribution is 5.77.